The first-order valence-electron chi connectivity index (χ1n) is 4.21. The van der Waals surface area contributed by atoms with Crippen LogP contribution in [0.2, 0.25) is 0 Å². The van der Waals surface area contributed by atoms with Gasteiger partial charge in [-0.15, -0.1) is 13.2 Å². The van der Waals surface area contributed by atoms with Gasteiger partial charge in [-0.2, -0.15) is 0 Å². The molecule has 0 aliphatic carbocycles. The van der Waals surface area contributed by atoms with Crippen LogP contribution in [0.25, 0.3) is 0 Å². The minimum Gasteiger partial charge on any atom is -0.405 e. The number of hydrogen-bond acceptors (Lipinski definition) is 4. The molecule has 0 amide bonds. The van der Waals surface area contributed by atoms with Gasteiger partial charge in [0, 0.05) is 6.92 Å². The molecule has 0 fully saturated rings. The summed E-state index contributed by atoms with van der Waals surface area (Å²) in [5.74, 6) is -1.78. The summed E-state index contributed by atoms with van der Waals surface area (Å²) in [6, 6.07) is 0.440. The van der Waals surface area contributed by atoms with Crippen LogP contribution in [-0.4, -0.2) is 16.3 Å². The maximum absolute atomic E-state index is 12.5. The van der Waals surface area contributed by atoms with Crippen LogP contribution in [0.5, 0.6) is 5.75 Å². The molecule has 0 bridgehead atoms. The van der Waals surface area contributed by atoms with Crippen molar-refractivity contribution in [3.63, 3.8) is 0 Å². The van der Waals surface area contributed by atoms with Gasteiger partial charge in [0.25, 0.3) is 0 Å². The number of rotatable bonds is 3. The summed E-state index contributed by atoms with van der Waals surface area (Å²) in [4.78, 5) is 12.7. The number of aromatic nitrogens is 1. The van der Waals surface area contributed by atoms with E-state index in [-0.39, 0.29) is 5.69 Å². The van der Waals surface area contributed by atoms with Crippen LogP contribution >= 0.6 is 0 Å². The number of aryl methyl sites for hydroxylation is 1. The van der Waals surface area contributed by atoms with Crippen molar-refractivity contribution in [1.29, 1.82) is 0 Å². The van der Waals surface area contributed by atoms with Crippen LogP contribution in [0.4, 0.5) is 23.4 Å². The van der Waals surface area contributed by atoms with Crippen molar-refractivity contribution < 1.29 is 27.2 Å². The van der Waals surface area contributed by atoms with Crippen LogP contribution in [-0.2, 0) is 6.67 Å². The lowest BCUT2D eigenvalue weighted by Gasteiger charge is -2.11. The summed E-state index contributed by atoms with van der Waals surface area (Å²) in [5.41, 5.74) is -0.686. The maximum atomic E-state index is 12.5. The van der Waals surface area contributed by atoms with E-state index < -0.39 is 35.1 Å². The first-order valence-corrected chi connectivity index (χ1v) is 4.21. The molecule has 1 heterocycles. The fraction of sp³-hybridized carbons (Fsp3) is 0.375. The normalized spacial score (nSPS) is 11.4. The third-order valence-corrected chi connectivity index (χ3v) is 1.82. The van der Waals surface area contributed by atoms with Gasteiger partial charge in [-0.05, 0) is 9.91 Å². The topological polar surface area (TPSA) is 65.3 Å². The Morgan fingerprint density at radius 1 is 1.53 bits per heavy atom. The Morgan fingerprint density at radius 3 is 2.53 bits per heavy atom. The first kappa shape index (κ1) is 13.1. The third kappa shape index (κ3) is 3.26. The van der Waals surface area contributed by atoms with Gasteiger partial charge in [-0.25, -0.2) is 4.39 Å². The van der Waals surface area contributed by atoms with E-state index in [1.165, 1.54) is 0 Å². The van der Waals surface area contributed by atoms with E-state index in [9.17, 15) is 27.7 Å². The number of halogens is 4. The van der Waals surface area contributed by atoms with E-state index in [1.807, 2.05) is 0 Å². The Hall–Kier alpha value is -1.93. The molecule has 1 aromatic rings. The van der Waals surface area contributed by atoms with E-state index in [1.54, 1.807) is 0 Å². The molecule has 0 N–H and O–H groups in total. The standard InChI is InChI=1S/C8H6F4N2O3/c1-4-5(3-9)6(17-8(10,11)12)2-7(13-4)14(15)16/h2H,3H2,1H3. The number of hydrogen-bond donors (Lipinski definition) is 0. The van der Waals surface area contributed by atoms with Gasteiger partial charge in [0.15, 0.2) is 5.69 Å². The second kappa shape index (κ2) is 4.52. The van der Waals surface area contributed by atoms with Gasteiger partial charge in [-0.1, -0.05) is 0 Å². The summed E-state index contributed by atoms with van der Waals surface area (Å²) >= 11 is 0. The largest absolute Gasteiger partial charge is 0.573 e. The monoisotopic (exact) mass is 254 g/mol. The predicted molar refractivity (Wildman–Crippen MR) is 47.1 cm³/mol. The summed E-state index contributed by atoms with van der Waals surface area (Å²) < 4.78 is 52.0. The van der Waals surface area contributed by atoms with Gasteiger partial charge in [0.05, 0.1) is 11.6 Å². The minimum absolute atomic E-state index is 0.221. The smallest absolute Gasteiger partial charge is 0.405 e. The maximum Gasteiger partial charge on any atom is 0.573 e. The molecule has 0 unspecified atom stereocenters. The van der Waals surface area contributed by atoms with E-state index in [0.29, 0.717) is 6.07 Å². The van der Waals surface area contributed by atoms with Gasteiger partial charge in [0.2, 0.25) is 0 Å². The first-order chi connectivity index (χ1) is 7.74. The Bertz CT molecular complexity index is 447. The molecular weight excluding hydrogens is 248 g/mol. The van der Waals surface area contributed by atoms with Crippen molar-refractivity contribution in [3.05, 3.63) is 27.4 Å². The second-order valence-electron chi connectivity index (χ2n) is 2.98. The Balaban J connectivity index is 3.29. The lowest BCUT2D eigenvalue weighted by Crippen LogP contribution is -2.18. The highest BCUT2D eigenvalue weighted by Gasteiger charge is 2.34. The molecule has 0 saturated heterocycles. The van der Waals surface area contributed by atoms with Crippen molar-refractivity contribution in [3.8, 4) is 5.75 Å². The fourth-order valence-electron chi connectivity index (χ4n) is 1.13. The van der Waals surface area contributed by atoms with Crippen LogP contribution in [0.15, 0.2) is 6.07 Å². The summed E-state index contributed by atoms with van der Waals surface area (Å²) in [6.45, 7) is -0.104. The average Bonchev–Trinajstić information content (AvgIpc) is 2.14. The SMILES string of the molecule is Cc1nc([N+](=O)[O-])cc(OC(F)(F)F)c1CF. The molecule has 0 aliphatic heterocycles. The lowest BCUT2D eigenvalue weighted by atomic mass is 10.2. The summed E-state index contributed by atoms with van der Waals surface area (Å²) in [6.07, 6.45) is -5.05. The number of pyridine rings is 1. The van der Waals surface area contributed by atoms with Crippen LogP contribution in [0.3, 0.4) is 0 Å². The third-order valence-electron chi connectivity index (χ3n) is 1.82. The predicted octanol–water partition coefficient (Wildman–Crippen LogP) is 2.67. The van der Waals surface area contributed by atoms with E-state index in [0.717, 1.165) is 6.92 Å². The van der Waals surface area contributed by atoms with Crippen molar-refractivity contribution in [2.24, 2.45) is 0 Å². The number of nitrogens with zero attached hydrogens (tertiary/aromatic N) is 2. The number of ether oxygens (including phenoxy) is 1. The van der Waals surface area contributed by atoms with Crippen molar-refractivity contribution in [2.75, 3.05) is 0 Å². The number of alkyl halides is 4. The van der Waals surface area contributed by atoms with Gasteiger partial charge < -0.3 is 14.9 Å². The van der Waals surface area contributed by atoms with Crippen LogP contribution in [0.1, 0.15) is 11.3 Å². The molecule has 5 nitrogen and oxygen atoms in total. The molecule has 0 atom stereocenters. The Morgan fingerprint density at radius 2 is 2.12 bits per heavy atom. The zero-order valence-electron chi connectivity index (χ0n) is 8.42. The molecule has 0 spiro atoms. The molecule has 9 heteroatoms. The van der Waals surface area contributed by atoms with Gasteiger partial charge in [0.1, 0.15) is 12.4 Å². The molecule has 1 rings (SSSR count). The molecule has 1 aromatic heterocycles. The molecule has 0 aromatic carbocycles. The minimum atomic E-state index is -5.05. The van der Waals surface area contributed by atoms with Crippen molar-refractivity contribution in [2.45, 2.75) is 20.0 Å². The summed E-state index contributed by atoms with van der Waals surface area (Å²) in [5, 5.41) is 10.4. The molecule has 0 radical (unpaired) electrons. The van der Waals surface area contributed by atoms with Gasteiger partial charge in [-0.3, -0.25) is 0 Å². The van der Waals surface area contributed by atoms with Crippen molar-refractivity contribution >= 4 is 5.82 Å². The molecule has 17 heavy (non-hydrogen) atoms. The Labute approximate surface area is 92.2 Å². The highest BCUT2D eigenvalue weighted by atomic mass is 19.4. The zero-order chi connectivity index (χ0) is 13.2. The zero-order valence-corrected chi connectivity index (χ0v) is 8.42. The number of nitro groups is 1. The second-order valence-corrected chi connectivity index (χ2v) is 2.98. The van der Waals surface area contributed by atoms with E-state index in [2.05, 4.69) is 9.72 Å². The average molecular weight is 254 g/mol. The van der Waals surface area contributed by atoms with E-state index in [4.69, 9.17) is 0 Å². The van der Waals surface area contributed by atoms with Crippen LogP contribution in [0, 0.1) is 17.0 Å². The highest BCUT2D eigenvalue weighted by Crippen LogP contribution is 2.31. The summed E-state index contributed by atoms with van der Waals surface area (Å²) in [7, 11) is 0. The molecular formula is C8H6F4N2O3. The Kier molecular flexibility index (Phi) is 3.49. The van der Waals surface area contributed by atoms with E-state index >= 15 is 0 Å². The molecule has 0 aliphatic rings. The quantitative estimate of drug-likeness (QED) is 0.472. The lowest BCUT2D eigenvalue weighted by molar-refractivity contribution is -0.389. The van der Waals surface area contributed by atoms with Crippen molar-refractivity contribution in [1.82, 2.24) is 4.98 Å². The highest BCUT2D eigenvalue weighted by molar-refractivity contribution is 5.42. The van der Waals surface area contributed by atoms with Crippen LogP contribution < -0.4 is 4.74 Å². The fourth-order valence-corrected chi connectivity index (χ4v) is 1.13. The molecule has 94 valence electrons. The molecule has 0 saturated carbocycles. The van der Waals surface area contributed by atoms with Gasteiger partial charge >= 0.3 is 12.2 Å².